The fraction of sp³-hybridized carbons (Fsp3) is 0.385. The predicted octanol–water partition coefficient (Wildman–Crippen LogP) is 2.50. The predicted molar refractivity (Wildman–Crippen MR) is 72.5 cm³/mol. The zero-order valence-corrected chi connectivity index (χ0v) is 11.7. The Morgan fingerprint density at radius 2 is 2.26 bits per heavy atom. The fourth-order valence-corrected chi connectivity index (χ4v) is 2.19. The molecule has 102 valence electrons. The second-order valence-electron chi connectivity index (χ2n) is 4.28. The van der Waals surface area contributed by atoms with Crippen LogP contribution in [0.15, 0.2) is 24.5 Å². The Morgan fingerprint density at radius 3 is 2.89 bits per heavy atom. The molecule has 6 heteroatoms. The molecule has 0 aliphatic heterocycles. The van der Waals surface area contributed by atoms with Crippen molar-refractivity contribution in [1.29, 1.82) is 0 Å². The summed E-state index contributed by atoms with van der Waals surface area (Å²) in [5, 5.41) is 7.80. The summed E-state index contributed by atoms with van der Waals surface area (Å²) < 4.78 is 15.6. The number of benzene rings is 1. The summed E-state index contributed by atoms with van der Waals surface area (Å²) in [5.41, 5.74) is 0.553. The van der Waals surface area contributed by atoms with Crippen LogP contribution in [0.4, 0.5) is 4.39 Å². The van der Waals surface area contributed by atoms with E-state index in [1.54, 1.807) is 16.8 Å². The van der Waals surface area contributed by atoms with Crippen LogP contribution < -0.4 is 5.32 Å². The molecule has 0 bridgehead atoms. The monoisotopic (exact) mass is 282 g/mol. The Bertz CT molecular complexity index is 555. The topological polar surface area (TPSA) is 42.7 Å². The van der Waals surface area contributed by atoms with Gasteiger partial charge in [-0.25, -0.2) is 9.37 Å². The molecule has 0 saturated carbocycles. The van der Waals surface area contributed by atoms with Crippen LogP contribution in [0.3, 0.4) is 0 Å². The SMILES string of the molecule is CCNC(Cc1ncnn1C)c1cc(Cl)ccc1F. The van der Waals surface area contributed by atoms with Crippen molar-refractivity contribution in [3.8, 4) is 0 Å². The van der Waals surface area contributed by atoms with Crippen molar-refractivity contribution in [2.24, 2.45) is 7.05 Å². The molecule has 0 spiro atoms. The number of hydrogen-bond donors (Lipinski definition) is 1. The molecule has 1 N–H and O–H groups in total. The second-order valence-corrected chi connectivity index (χ2v) is 4.72. The highest BCUT2D eigenvalue weighted by molar-refractivity contribution is 6.30. The van der Waals surface area contributed by atoms with Gasteiger partial charge in [0, 0.05) is 30.1 Å². The Morgan fingerprint density at radius 1 is 1.47 bits per heavy atom. The molecule has 2 aromatic rings. The van der Waals surface area contributed by atoms with E-state index in [9.17, 15) is 4.39 Å². The summed E-state index contributed by atoms with van der Waals surface area (Å²) >= 11 is 5.95. The molecule has 1 unspecified atom stereocenters. The minimum atomic E-state index is -0.266. The first kappa shape index (κ1) is 14.0. The molecule has 0 aliphatic rings. The Balaban J connectivity index is 2.29. The third kappa shape index (κ3) is 3.30. The van der Waals surface area contributed by atoms with E-state index < -0.39 is 0 Å². The highest BCUT2D eigenvalue weighted by Gasteiger charge is 2.18. The molecule has 19 heavy (non-hydrogen) atoms. The largest absolute Gasteiger partial charge is 0.310 e. The number of nitrogens with zero attached hydrogens (tertiary/aromatic N) is 3. The average Bonchev–Trinajstić information content (AvgIpc) is 2.78. The standard InChI is InChI=1S/C13H16ClFN4/c1-3-16-12(7-13-17-8-18-19(13)2)10-6-9(14)4-5-11(10)15/h4-6,8,12,16H,3,7H2,1-2H3. The molecule has 0 saturated heterocycles. The van der Waals surface area contributed by atoms with Crippen LogP contribution in [-0.2, 0) is 13.5 Å². The number of hydrogen-bond acceptors (Lipinski definition) is 3. The first-order chi connectivity index (χ1) is 9.11. The lowest BCUT2D eigenvalue weighted by Crippen LogP contribution is -2.25. The number of rotatable bonds is 5. The van der Waals surface area contributed by atoms with Crippen molar-refractivity contribution in [3.05, 3.63) is 46.8 Å². The van der Waals surface area contributed by atoms with Gasteiger partial charge in [-0.15, -0.1) is 0 Å². The highest BCUT2D eigenvalue weighted by atomic mass is 35.5. The van der Waals surface area contributed by atoms with Gasteiger partial charge in [-0.2, -0.15) is 5.10 Å². The summed E-state index contributed by atoms with van der Waals surface area (Å²) in [6.45, 7) is 2.71. The number of aromatic nitrogens is 3. The van der Waals surface area contributed by atoms with Gasteiger partial charge in [0.2, 0.25) is 0 Å². The summed E-state index contributed by atoms with van der Waals surface area (Å²) in [4.78, 5) is 4.17. The van der Waals surface area contributed by atoms with Gasteiger partial charge in [0.05, 0.1) is 0 Å². The van der Waals surface area contributed by atoms with Gasteiger partial charge in [-0.05, 0) is 24.7 Å². The van der Waals surface area contributed by atoms with Crippen molar-refractivity contribution in [2.45, 2.75) is 19.4 Å². The van der Waals surface area contributed by atoms with E-state index in [4.69, 9.17) is 11.6 Å². The fourth-order valence-electron chi connectivity index (χ4n) is 2.01. The van der Waals surface area contributed by atoms with Crippen molar-refractivity contribution < 1.29 is 4.39 Å². The molecular formula is C13H16ClFN4. The lowest BCUT2D eigenvalue weighted by atomic mass is 10.0. The van der Waals surface area contributed by atoms with Crippen LogP contribution in [0, 0.1) is 5.82 Å². The molecule has 1 heterocycles. The van der Waals surface area contributed by atoms with Crippen molar-refractivity contribution >= 4 is 11.6 Å². The van der Waals surface area contributed by atoms with Gasteiger partial charge >= 0.3 is 0 Å². The normalized spacial score (nSPS) is 12.6. The lowest BCUT2D eigenvalue weighted by Gasteiger charge is -2.18. The molecular weight excluding hydrogens is 267 g/mol. The van der Waals surface area contributed by atoms with Crippen LogP contribution in [-0.4, -0.2) is 21.3 Å². The summed E-state index contributed by atoms with van der Waals surface area (Å²) in [7, 11) is 1.82. The average molecular weight is 283 g/mol. The third-order valence-electron chi connectivity index (χ3n) is 2.98. The van der Waals surface area contributed by atoms with Crippen LogP contribution >= 0.6 is 11.6 Å². The molecule has 0 fully saturated rings. The molecule has 2 rings (SSSR count). The maximum Gasteiger partial charge on any atom is 0.138 e. The molecule has 1 aromatic heterocycles. The van der Waals surface area contributed by atoms with Gasteiger partial charge in [-0.3, -0.25) is 4.68 Å². The van der Waals surface area contributed by atoms with E-state index >= 15 is 0 Å². The maximum atomic E-state index is 13.9. The van der Waals surface area contributed by atoms with E-state index in [-0.39, 0.29) is 11.9 Å². The van der Waals surface area contributed by atoms with E-state index in [0.717, 1.165) is 12.4 Å². The smallest absolute Gasteiger partial charge is 0.138 e. The van der Waals surface area contributed by atoms with E-state index in [2.05, 4.69) is 15.4 Å². The quantitative estimate of drug-likeness (QED) is 0.916. The van der Waals surface area contributed by atoms with Crippen molar-refractivity contribution in [3.63, 3.8) is 0 Å². The van der Waals surface area contributed by atoms with Crippen molar-refractivity contribution in [1.82, 2.24) is 20.1 Å². The van der Waals surface area contributed by atoms with Gasteiger partial charge < -0.3 is 5.32 Å². The number of likely N-dealkylation sites (N-methyl/N-ethyl adjacent to an activating group) is 1. The van der Waals surface area contributed by atoms with Crippen molar-refractivity contribution in [2.75, 3.05) is 6.54 Å². The highest BCUT2D eigenvalue weighted by Crippen LogP contribution is 2.23. The summed E-state index contributed by atoms with van der Waals surface area (Å²) in [6, 6.07) is 4.41. The first-order valence-corrected chi connectivity index (χ1v) is 6.50. The minimum Gasteiger partial charge on any atom is -0.310 e. The zero-order chi connectivity index (χ0) is 13.8. The maximum absolute atomic E-state index is 13.9. The third-order valence-corrected chi connectivity index (χ3v) is 3.21. The first-order valence-electron chi connectivity index (χ1n) is 6.13. The van der Waals surface area contributed by atoms with Crippen LogP contribution in [0.2, 0.25) is 5.02 Å². The van der Waals surface area contributed by atoms with Gasteiger partial charge in [-0.1, -0.05) is 18.5 Å². The molecule has 1 aromatic carbocycles. The number of halogens is 2. The molecule has 4 nitrogen and oxygen atoms in total. The lowest BCUT2D eigenvalue weighted by molar-refractivity contribution is 0.492. The summed E-state index contributed by atoms with van der Waals surface area (Å²) in [5.74, 6) is 0.530. The number of aryl methyl sites for hydroxylation is 1. The molecule has 0 aliphatic carbocycles. The minimum absolute atomic E-state index is 0.174. The molecule has 1 atom stereocenters. The van der Waals surface area contributed by atoms with Gasteiger partial charge in [0.15, 0.2) is 0 Å². The Labute approximate surface area is 116 Å². The van der Waals surface area contributed by atoms with Crippen LogP contribution in [0.5, 0.6) is 0 Å². The molecule has 0 amide bonds. The Hall–Kier alpha value is -1.46. The summed E-state index contributed by atoms with van der Waals surface area (Å²) in [6.07, 6.45) is 2.05. The van der Waals surface area contributed by atoms with Gasteiger partial charge in [0.1, 0.15) is 18.0 Å². The van der Waals surface area contributed by atoms with E-state index in [1.807, 2.05) is 14.0 Å². The number of nitrogens with one attached hydrogen (secondary N) is 1. The molecule has 0 radical (unpaired) electrons. The van der Waals surface area contributed by atoms with E-state index in [0.29, 0.717) is 17.0 Å². The van der Waals surface area contributed by atoms with Gasteiger partial charge in [0.25, 0.3) is 0 Å². The van der Waals surface area contributed by atoms with Crippen LogP contribution in [0.1, 0.15) is 24.4 Å². The zero-order valence-electron chi connectivity index (χ0n) is 10.9. The second kappa shape index (κ2) is 6.12. The Kier molecular flexibility index (Phi) is 4.50. The van der Waals surface area contributed by atoms with E-state index in [1.165, 1.54) is 12.4 Å². The van der Waals surface area contributed by atoms with Crippen LogP contribution in [0.25, 0.3) is 0 Å².